The Hall–Kier alpha value is -1.95. The molecule has 1 N–H and O–H groups in total. The van der Waals surface area contributed by atoms with Crippen LogP contribution >= 0.6 is 11.3 Å². The molecular formula is C15H17N3O2S. The molecule has 110 valence electrons. The van der Waals surface area contributed by atoms with Crippen molar-refractivity contribution in [2.45, 2.75) is 25.7 Å². The second-order valence-corrected chi connectivity index (χ2v) is 6.23. The molecule has 0 spiro atoms. The van der Waals surface area contributed by atoms with E-state index < -0.39 is 0 Å². The molecule has 1 aliphatic rings. The van der Waals surface area contributed by atoms with Gasteiger partial charge in [-0.15, -0.1) is 11.3 Å². The number of amides is 1. The van der Waals surface area contributed by atoms with E-state index >= 15 is 0 Å². The van der Waals surface area contributed by atoms with Gasteiger partial charge in [-0.2, -0.15) is 0 Å². The number of nitrogens with zero attached hydrogens (tertiary/aromatic N) is 2. The Balaban J connectivity index is 1.73. The predicted octanol–water partition coefficient (Wildman–Crippen LogP) is 2.69. The number of Topliss-reactive ketones (excluding diaryl/α,β-unsaturated/α-hetero) is 1. The Bertz CT molecular complexity index is 648. The third kappa shape index (κ3) is 2.90. The van der Waals surface area contributed by atoms with Gasteiger partial charge >= 0.3 is 0 Å². The minimum Gasteiger partial charge on any atom is -0.348 e. The van der Waals surface area contributed by atoms with Gasteiger partial charge in [-0.3, -0.25) is 9.59 Å². The van der Waals surface area contributed by atoms with Crippen molar-refractivity contribution in [2.24, 2.45) is 0 Å². The standard InChI is InChI=1S/C15H17N3O2S/c1-10(19)13-7-12(9-21-13)15(20)18-6-2-3-11(8-18)14-16-4-5-17-14/h4-5,7,9,11H,2-3,6,8H2,1H3,(H,16,17)/t11-/m1/s1. The lowest BCUT2D eigenvalue weighted by molar-refractivity contribution is 0.0705. The van der Waals surface area contributed by atoms with Crippen molar-refractivity contribution in [3.8, 4) is 0 Å². The fourth-order valence-electron chi connectivity index (χ4n) is 2.70. The zero-order chi connectivity index (χ0) is 14.8. The summed E-state index contributed by atoms with van der Waals surface area (Å²) in [6.07, 6.45) is 5.57. The van der Waals surface area contributed by atoms with Gasteiger partial charge in [-0.1, -0.05) is 0 Å². The summed E-state index contributed by atoms with van der Waals surface area (Å²) in [7, 11) is 0. The largest absolute Gasteiger partial charge is 0.348 e. The van der Waals surface area contributed by atoms with Gasteiger partial charge in [-0.05, 0) is 25.8 Å². The van der Waals surface area contributed by atoms with Crippen molar-refractivity contribution in [3.05, 3.63) is 40.1 Å². The Morgan fingerprint density at radius 1 is 1.48 bits per heavy atom. The number of aromatic nitrogens is 2. The van der Waals surface area contributed by atoms with Crippen molar-refractivity contribution in [2.75, 3.05) is 13.1 Å². The van der Waals surface area contributed by atoms with Crippen molar-refractivity contribution in [3.63, 3.8) is 0 Å². The van der Waals surface area contributed by atoms with Crippen molar-refractivity contribution < 1.29 is 9.59 Å². The molecule has 1 aliphatic heterocycles. The van der Waals surface area contributed by atoms with Crippen LogP contribution < -0.4 is 0 Å². The third-order valence-electron chi connectivity index (χ3n) is 3.81. The first-order valence-corrected chi connectivity index (χ1v) is 7.91. The van der Waals surface area contributed by atoms with E-state index in [4.69, 9.17) is 0 Å². The van der Waals surface area contributed by atoms with Gasteiger partial charge in [0, 0.05) is 36.8 Å². The average molecular weight is 303 g/mol. The second-order valence-electron chi connectivity index (χ2n) is 5.32. The van der Waals surface area contributed by atoms with Gasteiger partial charge in [0.2, 0.25) is 0 Å². The molecule has 0 unspecified atom stereocenters. The summed E-state index contributed by atoms with van der Waals surface area (Å²) >= 11 is 1.33. The molecule has 1 atom stereocenters. The monoisotopic (exact) mass is 303 g/mol. The number of carbonyl (C=O) groups excluding carboxylic acids is 2. The highest BCUT2D eigenvalue weighted by molar-refractivity contribution is 7.12. The molecule has 1 saturated heterocycles. The van der Waals surface area contributed by atoms with Crippen LogP contribution in [-0.4, -0.2) is 39.6 Å². The summed E-state index contributed by atoms with van der Waals surface area (Å²) in [6.45, 7) is 2.97. The van der Waals surface area contributed by atoms with E-state index in [0.29, 0.717) is 17.0 Å². The molecule has 0 aromatic carbocycles. The Morgan fingerprint density at radius 2 is 2.33 bits per heavy atom. The van der Waals surface area contributed by atoms with Crippen molar-refractivity contribution in [1.82, 2.24) is 14.9 Å². The number of H-pyrrole nitrogens is 1. The number of thiophene rings is 1. The van der Waals surface area contributed by atoms with Gasteiger partial charge in [0.05, 0.1) is 10.4 Å². The first kappa shape index (κ1) is 14.0. The van der Waals surface area contributed by atoms with Gasteiger partial charge in [0.25, 0.3) is 5.91 Å². The summed E-state index contributed by atoms with van der Waals surface area (Å²) in [5.74, 6) is 1.23. The number of piperidine rings is 1. The molecular weight excluding hydrogens is 286 g/mol. The highest BCUT2D eigenvalue weighted by Crippen LogP contribution is 2.26. The molecule has 3 heterocycles. The first-order valence-electron chi connectivity index (χ1n) is 7.03. The van der Waals surface area contributed by atoms with Gasteiger partial charge < -0.3 is 9.88 Å². The van der Waals surface area contributed by atoms with Crippen LogP contribution in [0.3, 0.4) is 0 Å². The molecule has 1 fully saturated rings. The van der Waals surface area contributed by atoms with Crippen molar-refractivity contribution >= 4 is 23.0 Å². The smallest absolute Gasteiger partial charge is 0.254 e. The summed E-state index contributed by atoms with van der Waals surface area (Å²) in [5.41, 5.74) is 0.616. The average Bonchev–Trinajstić information content (AvgIpc) is 3.18. The highest BCUT2D eigenvalue weighted by atomic mass is 32.1. The molecule has 21 heavy (non-hydrogen) atoms. The summed E-state index contributed by atoms with van der Waals surface area (Å²) in [4.78, 5) is 33.8. The molecule has 2 aromatic heterocycles. The van der Waals surface area contributed by atoms with E-state index in [0.717, 1.165) is 25.2 Å². The SMILES string of the molecule is CC(=O)c1cc(C(=O)N2CCC[C@@H](c3ncc[nH]3)C2)cs1. The normalized spacial score (nSPS) is 18.7. The van der Waals surface area contributed by atoms with Gasteiger partial charge in [0.1, 0.15) is 5.82 Å². The number of likely N-dealkylation sites (tertiary alicyclic amines) is 1. The fourth-order valence-corrected chi connectivity index (χ4v) is 3.48. The Morgan fingerprint density at radius 3 is 3.00 bits per heavy atom. The van der Waals surface area contributed by atoms with Crippen molar-refractivity contribution in [1.29, 1.82) is 0 Å². The summed E-state index contributed by atoms with van der Waals surface area (Å²) < 4.78 is 0. The zero-order valence-corrected chi connectivity index (χ0v) is 12.7. The molecule has 1 amide bonds. The molecule has 3 rings (SSSR count). The van der Waals surface area contributed by atoms with Crippen LogP contribution in [0.5, 0.6) is 0 Å². The first-order chi connectivity index (χ1) is 10.1. The van der Waals surface area contributed by atoms with E-state index in [9.17, 15) is 9.59 Å². The Labute approximate surface area is 127 Å². The lowest BCUT2D eigenvalue weighted by atomic mass is 9.97. The van der Waals surface area contributed by atoms with Gasteiger partial charge in [0.15, 0.2) is 5.78 Å². The highest BCUT2D eigenvalue weighted by Gasteiger charge is 2.27. The van der Waals surface area contributed by atoms with Crippen LogP contribution in [0.15, 0.2) is 23.8 Å². The fraction of sp³-hybridized carbons (Fsp3) is 0.400. The van der Waals surface area contributed by atoms with E-state index in [2.05, 4.69) is 9.97 Å². The number of carbonyl (C=O) groups is 2. The van der Waals surface area contributed by atoms with E-state index in [1.165, 1.54) is 18.3 Å². The number of ketones is 1. The Kier molecular flexibility index (Phi) is 3.88. The molecule has 2 aromatic rings. The maximum atomic E-state index is 12.5. The van der Waals surface area contributed by atoms with Crippen LogP contribution in [0.2, 0.25) is 0 Å². The molecule has 0 aliphatic carbocycles. The second kappa shape index (κ2) is 5.81. The minimum atomic E-state index is 0.00570. The number of hydrogen-bond donors (Lipinski definition) is 1. The molecule has 6 heteroatoms. The topological polar surface area (TPSA) is 66.1 Å². The van der Waals surface area contributed by atoms with Crippen LogP contribution in [0.1, 0.15) is 51.5 Å². The van der Waals surface area contributed by atoms with E-state index in [-0.39, 0.29) is 17.6 Å². The zero-order valence-electron chi connectivity index (χ0n) is 11.8. The maximum Gasteiger partial charge on any atom is 0.254 e. The lowest BCUT2D eigenvalue weighted by Gasteiger charge is -2.31. The summed E-state index contributed by atoms with van der Waals surface area (Å²) in [5, 5.41) is 1.77. The molecule has 0 radical (unpaired) electrons. The van der Waals surface area contributed by atoms with Crippen LogP contribution in [0, 0.1) is 0 Å². The van der Waals surface area contributed by atoms with Crippen LogP contribution in [0.4, 0.5) is 0 Å². The predicted molar refractivity (Wildman–Crippen MR) is 80.8 cm³/mol. The number of aromatic amines is 1. The molecule has 5 nitrogen and oxygen atoms in total. The maximum absolute atomic E-state index is 12.5. The number of rotatable bonds is 3. The van der Waals surface area contributed by atoms with E-state index in [1.807, 2.05) is 11.1 Å². The van der Waals surface area contributed by atoms with Crippen LogP contribution in [0.25, 0.3) is 0 Å². The number of nitrogens with one attached hydrogen (secondary N) is 1. The minimum absolute atomic E-state index is 0.00570. The number of imidazole rings is 1. The van der Waals surface area contributed by atoms with Crippen LogP contribution in [-0.2, 0) is 0 Å². The third-order valence-corrected chi connectivity index (χ3v) is 4.84. The lowest BCUT2D eigenvalue weighted by Crippen LogP contribution is -2.39. The molecule has 0 bridgehead atoms. The molecule has 0 saturated carbocycles. The quantitative estimate of drug-likeness (QED) is 0.887. The summed E-state index contributed by atoms with van der Waals surface area (Å²) in [6, 6.07) is 1.70. The van der Waals surface area contributed by atoms with Gasteiger partial charge in [-0.25, -0.2) is 4.98 Å². The number of hydrogen-bond acceptors (Lipinski definition) is 4. The van der Waals surface area contributed by atoms with E-state index in [1.54, 1.807) is 17.6 Å².